The second kappa shape index (κ2) is 7.95. The molecule has 0 radical (unpaired) electrons. The van der Waals surface area contributed by atoms with Crippen LogP contribution in [-0.2, 0) is 0 Å². The monoisotopic (exact) mass is 441 g/mol. The molecule has 1 aromatic heterocycles. The lowest BCUT2D eigenvalue weighted by molar-refractivity contribution is -0.0488. The fraction of sp³-hybridized carbons (Fsp3) is 0.500. The van der Waals surface area contributed by atoms with Gasteiger partial charge in [0.05, 0.1) is 17.1 Å². The lowest BCUT2D eigenvalue weighted by Crippen LogP contribution is -2.54. The van der Waals surface area contributed by atoms with Crippen molar-refractivity contribution in [3.8, 4) is 11.5 Å². The Balaban J connectivity index is 2.01. The highest BCUT2D eigenvalue weighted by molar-refractivity contribution is 5.92. The normalized spacial score (nSPS) is 21.5. The molecule has 0 spiro atoms. The molecule has 2 heterocycles. The summed E-state index contributed by atoms with van der Waals surface area (Å²) in [6, 6.07) is 0.708. The number of hydrogen-bond donors (Lipinski definition) is 2. The number of nitrogens with one attached hydrogen (secondary N) is 1. The van der Waals surface area contributed by atoms with Gasteiger partial charge in [-0.1, -0.05) is 0 Å². The van der Waals surface area contributed by atoms with Crippen molar-refractivity contribution >= 4 is 22.7 Å². The van der Waals surface area contributed by atoms with Crippen LogP contribution in [0.25, 0.3) is 10.9 Å². The van der Waals surface area contributed by atoms with Gasteiger partial charge in [0, 0.05) is 31.2 Å². The molecule has 1 saturated carbocycles. The van der Waals surface area contributed by atoms with Gasteiger partial charge in [-0.25, -0.2) is 9.18 Å². The summed E-state index contributed by atoms with van der Waals surface area (Å²) in [7, 11) is 0. The Morgan fingerprint density at radius 3 is 2.45 bits per heavy atom. The maximum absolute atomic E-state index is 15.3. The Morgan fingerprint density at radius 1 is 1.26 bits per heavy atom. The van der Waals surface area contributed by atoms with Crippen LogP contribution in [0.3, 0.4) is 0 Å². The number of carboxylic acid groups (broad SMARTS) is 1. The van der Waals surface area contributed by atoms with Crippen molar-refractivity contribution in [2.75, 3.05) is 18.0 Å². The topological polar surface area (TPSA) is 93.0 Å². The van der Waals surface area contributed by atoms with Gasteiger partial charge in [-0.05, 0) is 32.8 Å². The summed E-state index contributed by atoms with van der Waals surface area (Å²) in [5, 5.41) is 11.9. The van der Waals surface area contributed by atoms with Crippen molar-refractivity contribution in [1.82, 2.24) is 9.88 Å². The smallest absolute Gasteiger partial charge is 0.449 e. The van der Waals surface area contributed by atoms with Crippen LogP contribution in [0.5, 0.6) is 11.5 Å². The summed E-state index contributed by atoms with van der Waals surface area (Å²) < 4.78 is 53.0. The van der Waals surface area contributed by atoms with Crippen molar-refractivity contribution < 1.29 is 32.5 Å². The van der Waals surface area contributed by atoms with Gasteiger partial charge in [-0.15, -0.1) is 0 Å². The lowest BCUT2D eigenvalue weighted by Gasteiger charge is -2.38. The van der Waals surface area contributed by atoms with E-state index in [9.17, 15) is 18.4 Å². The molecule has 2 aromatic rings. The van der Waals surface area contributed by atoms with Gasteiger partial charge in [-0.2, -0.15) is 8.78 Å². The van der Waals surface area contributed by atoms with Crippen molar-refractivity contribution in [2.24, 2.45) is 0 Å². The molecule has 2 N–H and O–H groups in total. The van der Waals surface area contributed by atoms with E-state index in [0.29, 0.717) is 25.9 Å². The minimum Gasteiger partial charge on any atom is -0.449 e. The number of pyridine rings is 1. The summed E-state index contributed by atoms with van der Waals surface area (Å²) in [5.74, 6) is -1.86. The van der Waals surface area contributed by atoms with Crippen molar-refractivity contribution in [1.29, 1.82) is 0 Å². The Hall–Kier alpha value is -2.95. The molecular formula is C20H22F3N3O5. The number of halogens is 3. The van der Waals surface area contributed by atoms with Gasteiger partial charge in [0.1, 0.15) is 5.69 Å². The van der Waals surface area contributed by atoms with E-state index in [2.05, 4.69) is 10.1 Å². The molecule has 2 unspecified atom stereocenters. The van der Waals surface area contributed by atoms with Crippen LogP contribution in [-0.4, -0.2) is 47.6 Å². The highest BCUT2D eigenvalue weighted by Crippen LogP contribution is 2.45. The van der Waals surface area contributed by atoms with Crippen LogP contribution >= 0.6 is 0 Å². The third kappa shape index (κ3) is 4.14. The van der Waals surface area contributed by atoms with Gasteiger partial charge >= 0.3 is 12.8 Å². The number of piperazine rings is 1. The van der Waals surface area contributed by atoms with E-state index in [1.807, 2.05) is 13.8 Å². The van der Waals surface area contributed by atoms with E-state index < -0.39 is 35.5 Å². The Labute approximate surface area is 175 Å². The average molecular weight is 441 g/mol. The number of ether oxygens (including phenoxy) is 2. The summed E-state index contributed by atoms with van der Waals surface area (Å²) >= 11 is 0. The van der Waals surface area contributed by atoms with Crippen LogP contribution in [0, 0.1) is 5.82 Å². The lowest BCUT2D eigenvalue weighted by atomic mass is 10.1. The first-order valence-electron chi connectivity index (χ1n) is 9.93. The predicted molar refractivity (Wildman–Crippen MR) is 106 cm³/mol. The number of carbonyl (C=O) groups is 1. The molecular weight excluding hydrogens is 419 g/mol. The number of anilines is 1. The zero-order valence-corrected chi connectivity index (χ0v) is 16.9. The number of nitrogens with zero attached hydrogens (tertiary/aromatic N) is 2. The molecule has 8 nitrogen and oxygen atoms in total. The summed E-state index contributed by atoms with van der Waals surface area (Å²) in [6.07, 6.45) is 0.836. The van der Waals surface area contributed by atoms with Crippen LogP contribution in [0.15, 0.2) is 17.1 Å². The van der Waals surface area contributed by atoms with Crippen molar-refractivity contribution in [2.45, 2.75) is 51.4 Å². The molecule has 2 atom stereocenters. The van der Waals surface area contributed by atoms with Crippen molar-refractivity contribution in [3.63, 3.8) is 0 Å². The van der Waals surface area contributed by atoms with Gasteiger partial charge in [0.15, 0.2) is 17.3 Å². The Bertz CT molecular complexity index is 1080. The highest BCUT2D eigenvalue weighted by Gasteiger charge is 2.33. The Morgan fingerprint density at radius 2 is 1.90 bits per heavy atom. The molecule has 2 fully saturated rings. The van der Waals surface area contributed by atoms with Crippen LogP contribution < -0.4 is 25.1 Å². The van der Waals surface area contributed by atoms with Crippen molar-refractivity contribution in [3.05, 3.63) is 28.3 Å². The number of fused-ring (bicyclic) bond motifs is 1. The summed E-state index contributed by atoms with van der Waals surface area (Å²) in [5.41, 5.74) is -1.06. The number of alkyl halides is 2. The third-order valence-corrected chi connectivity index (χ3v) is 5.38. The SMILES string of the molecule is CC1CN(c2c(F)cc3c(=O)c(OC(=O)O)cn(C4CC4)c3c2OC(F)F)CC(C)N1. The number of rotatable bonds is 5. The maximum Gasteiger partial charge on any atom is 0.511 e. The predicted octanol–water partition coefficient (Wildman–Crippen LogP) is 3.32. The van der Waals surface area contributed by atoms with E-state index in [-0.39, 0.29) is 34.7 Å². The second-order valence-corrected chi connectivity index (χ2v) is 8.01. The van der Waals surface area contributed by atoms with Crippen LogP contribution in [0.2, 0.25) is 0 Å². The molecule has 1 aromatic carbocycles. The zero-order chi connectivity index (χ0) is 22.4. The maximum atomic E-state index is 15.3. The van der Waals surface area contributed by atoms with Gasteiger partial charge in [-0.3, -0.25) is 4.79 Å². The first-order valence-corrected chi connectivity index (χ1v) is 9.93. The van der Waals surface area contributed by atoms with E-state index in [4.69, 9.17) is 9.84 Å². The minimum atomic E-state index is -3.25. The number of hydrogen-bond acceptors (Lipinski definition) is 6. The largest absolute Gasteiger partial charge is 0.511 e. The molecule has 1 aliphatic heterocycles. The van der Waals surface area contributed by atoms with E-state index >= 15 is 4.39 Å². The molecule has 31 heavy (non-hydrogen) atoms. The molecule has 1 aliphatic carbocycles. The van der Waals surface area contributed by atoms with Crippen LogP contribution in [0.4, 0.5) is 23.7 Å². The van der Waals surface area contributed by atoms with E-state index in [1.54, 1.807) is 4.90 Å². The molecule has 0 amide bonds. The standard InChI is InChI=1S/C20H22F3N3O5/c1-9-6-25(7-10(2)24-9)16-13(21)5-12-15(18(16)31-19(22)23)26(11-3-4-11)8-14(17(12)27)30-20(28)29/h5,8-11,19,24H,3-4,6-7H2,1-2H3,(H,28,29). The molecule has 11 heteroatoms. The van der Waals surface area contributed by atoms with Gasteiger partial charge in [0.2, 0.25) is 5.43 Å². The number of benzene rings is 1. The first-order chi connectivity index (χ1) is 14.7. The zero-order valence-electron chi connectivity index (χ0n) is 16.9. The second-order valence-electron chi connectivity index (χ2n) is 8.01. The molecule has 0 bridgehead atoms. The van der Waals surface area contributed by atoms with E-state index in [0.717, 1.165) is 6.07 Å². The van der Waals surface area contributed by atoms with Gasteiger partial charge in [0.25, 0.3) is 0 Å². The van der Waals surface area contributed by atoms with E-state index in [1.165, 1.54) is 10.8 Å². The minimum absolute atomic E-state index is 0.000720. The Kier molecular flexibility index (Phi) is 5.46. The average Bonchev–Trinajstić information content (AvgIpc) is 3.47. The third-order valence-electron chi connectivity index (χ3n) is 5.38. The number of aromatic nitrogens is 1. The quantitative estimate of drug-likeness (QED) is 0.688. The molecule has 4 rings (SSSR count). The summed E-state index contributed by atoms with van der Waals surface area (Å²) in [6.45, 7) is 1.23. The molecule has 168 valence electrons. The summed E-state index contributed by atoms with van der Waals surface area (Å²) in [4.78, 5) is 25.4. The van der Waals surface area contributed by atoms with Gasteiger partial charge < -0.3 is 29.4 Å². The highest BCUT2D eigenvalue weighted by atomic mass is 19.3. The fourth-order valence-corrected chi connectivity index (χ4v) is 4.23. The van der Waals surface area contributed by atoms with Crippen LogP contribution in [0.1, 0.15) is 32.7 Å². The fourth-order valence-electron chi connectivity index (χ4n) is 4.23. The molecule has 1 saturated heterocycles. The molecule has 2 aliphatic rings. The first kappa shape index (κ1) is 21.3.